The van der Waals surface area contributed by atoms with Crippen LogP contribution in [0.1, 0.15) is 60.4 Å². The number of aryl methyl sites for hydroxylation is 2. The number of halogens is 1. The van der Waals surface area contributed by atoms with E-state index in [1.165, 1.54) is 0 Å². The van der Waals surface area contributed by atoms with Crippen LogP contribution in [0, 0.1) is 19.7 Å². The number of hydrogen-bond donors (Lipinski definition) is 0. The second-order valence-corrected chi connectivity index (χ2v) is 10.7. The summed E-state index contributed by atoms with van der Waals surface area (Å²) >= 11 is 0. The number of methoxy groups -OCH3 is 2. The van der Waals surface area contributed by atoms with E-state index in [-0.39, 0.29) is 23.3 Å². The zero-order chi connectivity index (χ0) is 26.5. The van der Waals surface area contributed by atoms with Gasteiger partial charge in [-0.1, -0.05) is 25.1 Å². The average molecular weight is 508 g/mol. The van der Waals surface area contributed by atoms with Gasteiger partial charge < -0.3 is 14.4 Å². The van der Waals surface area contributed by atoms with Crippen molar-refractivity contribution in [1.29, 1.82) is 0 Å². The van der Waals surface area contributed by atoms with Gasteiger partial charge in [0.05, 0.1) is 26.3 Å². The number of piperidine rings is 1. The number of likely N-dealkylation sites (N-methyl/N-ethyl adjacent to an activating group) is 1. The van der Waals surface area contributed by atoms with Gasteiger partial charge in [0, 0.05) is 49.4 Å². The van der Waals surface area contributed by atoms with E-state index in [0.29, 0.717) is 24.2 Å². The smallest absolute Gasteiger partial charge is 0.325 e. The van der Waals surface area contributed by atoms with E-state index in [9.17, 15) is 9.18 Å². The Morgan fingerprint density at radius 2 is 1.73 bits per heavy atom. The standard InChI is InChI=1S/C30H38FN3O3/c1-7-34-29(35)33-18-23-15-24(36-5)16-25(37-6)27(23)19(2)14-26(33)30(34)8-10-32(11-9-30)17-22-12-20(3)28(31)21(4)13-22/h12-16,19H,7-11,17-18H2,1-6H3/t19-/m1/s1. The Kier molecular flexibility index (Phi) is 6.69. The van der Waals surface area contributed by atoms with Gasteiger partial charge in [-0.05, 0) is 61.9 Å². The van der Waals surface area contributed by atoms with Crippen molar-refractivity contribution in [1.82, 2.24) is 14.7 Å². The van der Waals surface area contributed by atoms with E-state index in [4.69, 9.17) is 9.47 Å². The molecule has 37 heavy (non-hydrogen) atoms. The van der Waals surface area contributed by atoms with Crippen LogP contribution in [0.25, 0.3) is 0 Å². The summed E-state index contributed by atoms with van der Waals surface area (Å²) in [6.07, 6.45) is 4.03. The van der Waals surface area contributed by atoms with Crippen molar-refractivity contribution < 1.29 is 18.7 Å². The van der Waals surface area contributed by atoms with E-state index in [0.717, 1.165) is 66.4 Å². The Bertz CT molecular complexity index is 1230. The molecule has 0 N–H and O–H groups in total. The Hall–Kier alpha value is -3.06. The van der Waals surface area contributed by atoms with Crippen molar-refractivity contribution in [2.45, 2.75) is 65.1 Å². The lowest BCUT2D eigenvalue weighted by molar-refractivity contribution is 0.0887. The molecule has 2 aromatic rings. The third-order valence-electron chi connectivity index (χ3n) is 8.50. The largest absolute Gasteiger partial charge is 0.497 e. The summed E-state index contributed by atoms with van der Waals surface area (Å²) in [7, 11) is 3.34. The van der Waals surface area contributed by atoms with Crippen LogP contribution < -0.4 is 9.47 Å². The summed E-state index contributed by atoms with van der Waals surface area (Å²) in [6.45, 7) is 11.7. The lowest BCUT2D eigenvalue weighted by atomic mass is 9.82. The van der Waals surface area contributed by atoms with Gasteiger partial charge in [0.25, 0.3) is 0 Å². The van der Waals surface area contributed by atoms with Gasteiger partial charge in [-0.3, -0.25) is 9.80 Å². The Morgan fingerprint density at radius 1 is 1.05 bits per heavy atom. The van der Waals surface area contributed by atoms with Crippen LogP contribution in [0.3, 0.4) is 0 Å². The van der Waals surface area contributed by atoms with Crippen molar-refractivity contribution in [3.05, 3.63) is 69.7 Å². The molecule has 0 aromatic heterocycles. The van der Waals surface area contributed by atoms with Crippen molar-refractivity contribution in [3.63, 3.8) is 0 Å². The van der Waals surface area contributed by atoms with E-state index in [1.807, 2.05) is 43.0 Å². The number of carbonyl (C=O) groups excluding carboxylic acids is 1. The first-order valence-electron chi connectivity index (χ1n) is 13.3. The number of nitrogens with zero attached hydrogens (tertiary/aromatic N) is 3. The Morgan fingerprint density at radius 3 is 2.32 bits per heavy atom. The number of carbonyl (C=O) groups is 1. The average Bonchev–Trinajstić information content (AvgIpc) is 2.99. The fourth-order valence-electron chi connectivity index (χ4n) is 6.73. The molecule has 0 radical (unpaired) electrons. The van der Waals surface area contributed by atoms with Crippen LogP contribution in [0.15, 0.2) is 36.0 Å². The molecular weight excluding hydrogens is 469 g/mol. The van der Waals surface area contributed by atoms with Crippen LogP contribution in [0.4, 0.5) is 9.18 Å². The fraction of sp³-hybridized carbons (Fsp3) is 0.500. The minimum Gasteiger partial charge on any atom is -0.497 e. The first kappa shape index (κ1) is 25.6. The molecule has 2 aromatic carbocycles. The van der Waals surface area contributed by atoms with Crippen molar-refractivity contribution in [2.75, 3.05) is 33.9 Å². The van der Waals surface area contributed by atoms with E-state index in [1.54, 1.807) is 14.2 Å². The molecule has 2 fully saturated rings. The number of likely N-dealkylation sites (tertiary alicyclic amines) is 1. The quantitative estimate of drug-likeness (QED) is 0.517. The topological polar surface area (TPSA) is 45.3 Å². The van der Waals surface area contributed by atoms with Crippen molar-refractivity contribution in [2.24, 2.45) is 0 Å². The maximum atomic E-state index is 14.1. The number of hydrogen-bond acceptors (Lipinski definition) is 4. The van der Waals surface area contributed by atoms with Gasteiger partial charge in [-0.2, -0.15) is 0 Å². The normalized spacial score (nSPS) is 21.0. The molecule has 2 saturated heterocycles. The van der Waals surface area contributed by atoms with E-state index in [2.05, 4.69) is 29.7 Å². The van der Waals surface area contributed by atoms with Crippen LogP contribution >= 0.6 is 0 Å². The Balaban J connectivity index is 1.45. The highest BCUT2D eigenvalue weighted by Crippen LogP contribution is 2.49. The minimum absolute atomic E-state index is 0.0776. The zero-order valence-corrected chi connectivity index (χ0v) is 22.9. The third-order valence-corrected chi connectivity index (χ3v) is 8.50. The summed E-state index contributed by atoms with van der Waals surface area (Å²) < 4.78 is 25.4. The molecule has 0 unspecified atom stereocenters. The predicted octanol–water partition coefficient (Wildman–Crippen LogP) is 5.75. The van der Waals surface area contributed by atoms with Gasteiger partial charge in [0.15, 0.2) is 0 Å². The third kappa shape index (κ3) is 4.17. The number of amides is 2. The molecule has 0 bridgehead atoms. The summed E-state index contributed by atoms with van der Waals surface area (Å²) in [5, 5.41) is 0. The van der Waals surface area contributed by atoms with Crippen LogP contribution in [0.2, 0.25) is 0 Å². The highest BCUT2D eigenvalue weighted by atomic mass is 19.1. The van der Waals surface area contributed by atoms with Crippen LogP contribution in [-0.2, 0) is 13.1 Å². The minimum atomic E-state index is -0.315. The van der Waals surface area contributed by atoms with E-state index >= 15 is 0 Å². The molecular formula is C30H38FN3O3. The molecule has 3 aliphatic heterocycles. The van der Waals surface area contributed by atoms with Crippen LogP contribution in [0.5, 0.6) is 11.5 Å². The molecule has 6 nitrogen and oxygen atoms in total. The first-order chi connectivity index (χ1) is 17.7. The lowest BCUT2D eigenvalue weighted by Crippen LogP contribution is -2.53. The lowest BCUT2D eigenvalue weighted by Gasteiger charge is -2.44. The highest BCUT2D eigenvalue weighted by molar-refractivity contribution is 5.83. The van der Waals surface area contributed by atoms with Gasteiger partial charge in [-0.15, -0.1) is 0 Å². The van der Waals surface area contributed by atoms with Gasteiger partial charge in [0.1, 0.15) is 17.3 Å². The number of benzene rings is 2. The molecule has 198 valence electrons. The molecule has 1 atom stereocenters. The number of urea groups is 1. The maximum absolute atomic E-state index is 14.1. The monoisotopic (exact) mass is 507 g/mol. The molecule has 0 saturated carbocycles. The van der Waals surface area contributed by atoms with Crippen molar-refractivity contribution >= 4 is 6.03 Å². The van der Waals surface area contributed by atoms with Crippen molar-refractivity contribution in [3.8, 4) is 11.5 Å². The molecule has 1 spiro atoms. The van der Waals surface area contributed by atoms with E-state index < -0.39 is 0 Å². The molecule has 0 aliphatic carbocycles. The summed E-state index contributed by atoms with van der Waals surface area (Å²) in [5.41, 5.74) is 5.53. The van der Waals surface area contributed by atoms with Crippen LogP contribution in [-0.4, -0.2) is 60.1 Å². The summed E-state index contributed by atoms with van der Waals surface area (Å²) in [4.78, 5) is 20.3. The number of rotatable bonds is 5. The number of fused-ring (bicyclic) bond motifs is 3. The van der Waals surface area contributed by atoms with Gasteiger partial charge >= 0.3 is 6.03 Å². The Labute approximate surface area is 219 Å². The van der Waals surface area contributed by atoms with Gasteiger partial charge in [-0.25, -0.2) is 9.18 Å². The molecule has 7 heteroatoms. The predicted molar refractivity (Wildman–Crippen MR) is 142 cm³/mol. The zero-order valence-electron chi connectivity index (χ0n) is 22.9. The number of allylic oxidation sites excluding steroid dienone is 1. The second kappa shape index (κ2) is 9.67. The summed E-state index contributed by atoms with van der Waals surface area (Å²) in [6, 6.07) is 7.96. The molecule has 3 heterocycles. The fourth-order valence-corrected chi connectivity index (χ4v) is 6.73. The SMILES string of the molecule is CCN1C(=O)N2Cc3cc(OC)cc(OC)c3[C@H](C)C=C2C12CCN(Cc1cc(C)c(F)c(C)c1)CC2. The first-order valence-corrected chi connectivity index (χ1v) is 13.3. The second-order valence-electron chi connectivity index (χ2n) is 10.7. The highest BCUT2D eigenvalue weighted by Gasteiger charge is 2.54. The number of ether oxygens (including phenoxy) is 2. The molecule has 2 amide bonds. The summed E-state index contributed by atoms with van der Waals surface area (Å²) in [5.74, 6) is 1.52. The van der Waals surface area contributed by atoms with Gasteiger partial charge in [0.2, 0.25) is 0 Å². The molecule has 3 aliphatic rings. The molecule has 5 rings (SSSR count). The maximum Gasteiger partial charge on any atom is 0.325 e.